The number of nitrogens with zero attached hydrogens (tertiary/aromatic N) is 4. The van der Waals surface area contributed by atoms with Gasteiger partial charge >= 0.3 is 0 Å². The van der Waals surface area contributed by atoms with Crippen LogP contribution in [-0.4, -0.2) is 32.7 Å². The van der Waals surface area contributed by atoms with Gasteiger partial charge in [0, 0.05) is 6.20 Å². The molecule has 0 saturated carbocycles. The number of carbonyl (C=O) groups is 1. The van der Waals surface area contributed by atoms with Gasteiger partial charge in [0.2, 0.25) is 5.91 Å². The lowest BCUT2D eigenvalue weighted by molar-refractivity contribution is -0.126. The maximum atomic E-state index is 12.5. The van der Waals surface area contributed by atoms with Crippen LogP contribution in [0.15, 0.2) is 42.6 Å². The van der Waals surface area contributed by atoms with E-state index in [1.807, 2.05) is 36.4 Å². The molecule has 0 aliphatic carbocycles. The molecule has 2 aromatic heterocycles. The highest BCUT2D eigenvalue weighted by atomic mass is 35.5. The van der Waals surface area contributed by atoms with Gasteiger partial charge in [0.25, 0.3) is 0 Å². The van der Waals surface area contributed by atoms with Crippen molar-refractivity contribution in [1.29, 1.82) is 5.26 Å². The molecular weight excluding hydrogens is 404 g/mol. The van der Waals surface area contributed by atoms with Crippen molar-refractivity contribution in [2.45, 2.75) is 39.5 Å². The Bertz CT molecular complexity index is 1050. The number of pyridine rings is 1. The highest BCUT2D eigenvalue weighted by Crippen LogP contribution is 2.22. The van der Waals surface area contributed by atoms with E-state index >= 15 is 0 Å². The molecule has 3 aromatic rings. The number of halogens is 1. The number of amides is 1. The average molecular weight is 429 g/mol. The van der Waals surface area contributed by atoms with Crippen LogP contribution in [0.25, 0.3) is 5.65 Å². The predicted octanol–water partition coefficient (Wildman–Crippen LogP) is 3.00. The van der Waals surface area contributed by atoms with E-state index in [4.69, 9.17) is 22.1 Å². The van der Waals surface area contributed by atoms with Gasteiger partial charge < -0.3 is 15.8 Å². The van der Waals surface area contributed by atoms with Gasteiger partial charge in [0.05, 0.1) is 29.3 Å². The first-order valence-corrected chi connectivity index (χ1v) is 9.33. The number of nitriles is 1. The van der Waals surface area contributed by atoms with Crippen LogP contribution in [0.2, 0.25) is 5.02 Å². The van der Waals surface area contributed by atoms with Gasteiger partial charge in [-0.15, -0.1) is 10.2 Å². The first-order valence-electron chi connectivity index (χ1n) is 8.95. The van der Waals surface area contributed by atoms with E-state index in [-0.39, 0.29) is 25.0 Å². The summed E-state index contributed by atoms with van der Waals surface area (Å²) in [5.41, 5.74) is 6.56. The first kappa shape index (κ1) is 23.3. The van der Waals surface area contributed by atoms with Crippen LogP contribution in [0.5, 0.6) is 0 Å². The number of rotatable bonds is 7. The highest BCUT2D eigenvalue weighted by molar-refractivity contribution is 6.33. The second kappa shape index (κ2) is 9.67. The van der Waals surface area contributed by atoms with Crippen molar-refractivity contribution in [1.82, 2.24) is 19.9 Å². The topological polar surface area (TPSA) is 118 Å². The monoisotopic (exact) mass is 428 g/mol. The molecule has 158 valence electrons. The van der Waals surface area contributed by atoms with Gasteiger partial charge in [0.15, 0.2) is 11.5 Å². The van der Waals surface area contributed by atoms with Crippen molar-refractivity contribution in [2.24, 2.45) is 5.73 Å². The number of hydrogen-bond donors (Lipinski definition) is 2. The highest BCUT2D eigenvalue weighted by Gasteiger charge is 2.28. The zero-order valence-electron chi connectivity index (χ0n) is 16.1. The number of hydrogen-bond acceptors (Lipinski definition) is 6. The van der Waals surface area contributed by atoms with Gasteiger partial charge in [0.1, 0.15) is 12.1 Å². The molecule has 0 fully saturated rings. The van der Waals surface area contributed by atoms with Crippen LogP contribution >= 0.6 is 11.6 Å². The number of nitrogens with one attached hydrogen (secondary N) is 1. The minimum absolute atomic E-state index is 0. The van der Waals surface area contributed by atoms with E-state index in [0.29, 0.717) is 23.6 Å². The minimum Gasteiger partial charge on any atom is -0.374 e. The number of aromatic nitrogens is 3. The second-order valence-corrected chi connectivity index (χ2v) is 7.60. The third-order valence-corrected chi connectivity index (χ3v) is 4.49. The normalized spacial score (nSPS) is 12.1. The summed E-state index contributed by atoms with van der Waals surface area (Å²) in [7, 11) is 0. The maximum Gasteiger partial charge on any atom is 0.240 e. The number of nitrogens with two attached hydrogens (primary N) is 1. The molecule has 0 radical (unpaired) electrons. The lowest BCUT2D eigenvalue weighted by atomic mass is 10.1. The van der Waals surface area contributed by atoms with Gasteiger partial charge in [-0.25, -0.2) is 0 Å². The molecule has 1 aromatic carbocycles. The van der Waals surface area contributed by atoms with E-state index in [1.54, 1.807) is 24.4 Å². The number of benzene rings is 1. The summed E-state index contributed by atoms with van der Waals surface area (Å²) in [6.07, 6.45) is 1.57. The third-order valence-electron chi connectivity index (χ3n) is 4.21. The van der Waals surface area contributed by atoms with Crippen molar-refractivity contribution in [3.8, 4) is 6.07 Å². The fraction of sp³-hybridized carbons (Fsp3) is 0.333. The van der Waals surface area contributed by atoms with Crippen molar-refractivity contribution in [3.05, 3.63) is 64.6 Å². The molecule has 30 heavy (non-hydrogen) atoms. The standard InChI is InChI=1S/C20H21ClN6O2.CH4/c1-20(2,23)19(28)24-16(12-29-11-13-6-4-3-5-7-13)18-26-25-17-15(21)8-14(9-22)10-27(17)18;/h3-8,10,16H,11-12,23H2,1-2H3,(H,24,28);1H4/t16-;/m1./s1. The van der Waals surface area contributed by atoms with Crippen LogP contribution < -0.4 is 11.1 Å². The largest absolute Gasteiger partial charge is 0.374 e. The Balaban J connectivity index is 0.00000320. The van der Waals surface area contributed by atoms with Crippen molar-refractivity contribution in [2.75, 3.05) is 6.61 Å². The smallest absolute Gasteiger partial charge is 0.240 e. The Morgan fingerprint density at radius 3 is 2.70 bits per heavy atom. The van der Waals surface area contributed by atoms with E-state index < -0.39 is 11.6 Å². The van der Waals surface area contributed by atoms with E-state index in [1.165, 1.54) is 6.07 Å². The SMILES string of the molecule is C.CC(C)(N)C(=O)N[C@H](COCc1ccccc1)c1nnc2c(Cl)cc(C#N)cn12. The lowest BCUT2D eigenvalue weighted by Crippen LogP contribution is -2.50. The van der Waals surface area contributed by atoms with Crippen LogP contribution in [0.4, 0.5) is 0 Å². The minimum atomic E-state index is -1.09. The Hall–Kier alpha value is -2.99. The molecule has 9 heteroatoms. The van der Waals surface area contributed by atoms with Crippen LogP contribution in [-0.2, 0) is 16.1 Å². The van der Waals surface area contributed by atoms with Crippen LogP contribution in [0.1, 0.15) is 44.3 Å². The van der Waals surface area contributed by atoms with Gasteiger partial charge in [-0.3, -0.25) is 9.20 Å². The van der Waals surface area contributed by atoms with E-state index in [2.05, 4.69) is 15.5 Å². The lowest BCUT2D eigenvalue weighted by Gasteiger charge is -2.23. The Kier molecular flexibility index (Phi) is 7.51. The molecule has 0 saturated heterocycles. The van der Waals surface area contributed by atoms with E-state index in [0.717, 1.165) is 5.56 Å². The molecule has 3 rings (SSSR count). The Labute approximate surface area is 180 Å². The zero-order chi connectivity index (χ0) is 21.0. The molecule has 1 amide bonds. The van der Waals surface area contributed by atoms with Crippen molar-refractivity contribution in [3.63, 3.8) is 0 Å². The molecular formula is C21H25ClN6O2. The quantitative estimate of drug-likeness (QED) is 0.597. The van der Waals surface area contributed by atoms with E-state index in [9.17, 15) is 10.1 Å². The summed E-state index contributed by atoms with van der Waals surface area (Å²) in [4.78, 5) is 12.5. The predicted molar refractivity (Wildman–Crippen MR) is 115 cm³/mol. The number of ether oxygens (including phenoxy) is 1. The molecule has 0 spiro atoms. The van der Waals surface area contributed by atoms with Gasteiger partial charge in [-0.1, -0.05) is 49.4 Å². The van der Waals surface area contributed by atoms with Crippen molar-refractivity contribution >= 4 is 23.2 Å². The summed E-state index contributed by atoms with van der Waals surface area (Å²) in [6.45, 7) is 3.71. The summed E-state index contributed by atoms with van der Waals surface area (Å²) < 4.78 is 7.40. The number of fused-ring (bicyclic) bond motifs is 1. The molecule has 1 atom stereocenters. The molecule has 0 unspecified atom stereocenters. The first-order chi connectivity index (χ1) is 13.8. The molecule has 8 nitrogen and oxygen atoms in total. The fourth-order valence-electron chi connectivity index (χ4n) is 2.66. The fourth-order valence-corrected chi connectivity index (χ4v) is 2.91. The van der Waals surface area contributed by atoms with Crippen LogP contribution in [0.3, 0.4) is 0 Å². The molecule has 3 N–H and O–H groups in total. The van der Waals surface area contributed by atoms with Crippen molar-refractivity contribution < 1.29 is 9.53 Å². The maximum absolute atomic E-state index is 12.5. The average Bonchev–Trinajstić information content (AvgIpc) is 3.11. The van der Waals surface area contributed by atoms with Crippen LogP contribution in [0, 0.1) is 11.3 Å². The summed E-state index contributed by atoms with van der Waals surface area (Å²) >= 11 is 6.21. The summed E-state index contributed by atoms with van der Waals surface area (Å²) in [5, 5.41) is 20.6. The molecule has 0 aliphatic heterocycles. The Morgan fingerprint density at radius 2 is 2.07 bits per heavy atom. The zero-order valence-corrected chi connectivity index (χ0v) is 16.8. The third kappa shape index (κ3) is 5.33. The summed E-state index contributed by atoms with van der Waals surface area (Å²) in [5.74, 6) is 0.0229. The number of carbonyl (C=O) groups excluding carboxylic acids is 1. The molecule has 2 heterocycles. The molecule has 0 bridgehead atoms. The Morgan fingerprint density at radius 1 is 1.37 bits per heavy atom. The van der Waals surface area contributed by atoms with Gasteiger partial charge in [-0.05, 0) is 25.5 Å². The summed E-state index contributed by atoms with van der Waals surface area (Å²) in [6, 6.07) is 12.6. The van der Waals surface area contributed by atoms with Gasteiger partial charge in [-0.2, -0.15) is 5.26 Å². The second-order valence-electron chi connectivity index (χ2n) is 7.19. The molecule has 0 aliphatic rings.